The molecule has 0 atom stereocenters. The van der Waals surface area contributed by atoms with Crippen LogP contribution in [0.15, 0.2) is 54.0 Å². The molecule has 1 saturated heterocycles. The fourth-order valence-corrected chi connectivity index (χ4v) is 3.16. The highest BCUT2D eigenvalue weighted by molar-refractivity contribution is 6.56. The van der Waals surface area contributed by atoms with E-state index in [0.29, 0.717) is 5.69 Å². The van der Waals surface area contributed by atoms with Gasteiger partial charge in [0.25, 0.3) is 0 Å². The second-order valence-electron chi connectivity index (χ2n) is 8.86. The summed E-state index contributed by atoms with van der Waals surface area (Å²) in [6.45, 7) is 10.4. The first-order chi connectivity index (χ1) is 14.6. The Bertz CT molecular complexity index is 941. The highest BCUT2D eigenvalue weighted by Crippen LogP contribution is 2.39. The van der Waals surface area contributed by atoms with Crippen LogP contribution in [0.2, 0.25) is 0 Å². The molecule has 1 aliphatic rings. The van der Waals surface area contributed by atoms with Crippen molar-refractivity contribution in [1.29, 1.82) is 0 Å². The van der Waals surface area contributed by atoms with Gasteiger partial charge in [0, 0.05) is 12.2 Å². The number of amides is 1. The molecule has 1 amide bonds. The molecule has 3 N–H and O–H groups in total. The van der Waals surface area contributed by atoms with Gasteiger partial charge >= 0.3 is 13.2 Å². The number of nitrogens with two attached hydrogens (primary N) is 1. The molecular weight excluding hydrogens is 391 g/mol. The monoisotopic (exact) mass is 422 g/mol. The Labute approximate surface area is 184 Å². The molecule has 2 aromatic rings. The van der Waals surface area contributed by atoms with E-state index in [1.165, 1.54) is 0 Å². The van der Waals surface area contributed by atoms with Crippen molar-refractivity contribution < 1.29 is 18.8 Å². The Balaban J connectivity index is 1.75. The first kappa shape index (κ1) is 22.9. The molecule has 31 heavy (non-hydrogen) atoms. The number of alkyl carbamates (subject to hydrolysis) is 1. The molecule has 0 aliphatic carbocycles. The summed E-state index contributed by atoms with van der Waals surface area (Å²) in [4.78, 5) is 12.3. The molecule has 164 valence electrons. The zero-order valence-corrected chi connectivity index (χ0v) is 18.9. The summed E-state index contributed by atoms with van der Waals surface area (Å²) in [6.07, 6.45) is 1.41. The standard InChI is InChI=1S/C24H31BN2O4/c1-17-11-12-21(26)19(13-17)14-20(25-30-23(2,3)24(4,5)31-25)15-27-22(28)29-16-18-9-7-6-8-10-18/h6-14H,15-16,26H2,1-5H3,(H,27,28). The Morgan fingerprint density at radius 1 is 1.10 bits per heavy atom. The van der Waals surface area contributed by atoms with E-state index < -0.39 is 24.4 Å². The van der Waals surface area contributed by atoms with Crippen molar-refractivity contribution in [1.82, 2.24) is 5.32 Å². The van der Waals surface area contributed by atoms with Gasteiger partial charge in [-0.15, -0.1) is 0 Å². The predicted molar refractivity (Wildman–Crippen MR) is 124 cm³/mol. The molecule has 6 nitrogen and oxygen atoms in total. The minimum Gasteiger partial charge on any atom is -0.445 e. The third-order valence-corrected chi connectivity index (χ3v) is 5.79. The summed E-state index contributed by atoms with van der Waals surface area (Å²) >= 11 is 0. The van der Waals surface area contributed by atoms with Crippen LogP contribution in [0.3, 0.4) is 0 Å². The van der Waals surface area contributed by atoms with E-state index in [-0.39, 0.29) is 13.2 Å². The van der Waals surface area contributed by atoms with Crippen LogP contribution in [-0.2, 0) is 20.7 Å². The van der Waals surface area contributed by atoms with E-state index in [2.05, 4.69) is 5.32 Å². The van der Waals surface area contributed by atoms with Crippen molar-refractivity contribution in [3.05, 3.63) is 70.7 Å². The van der Waals surface area contributed by atoms with Crippen LogP contribution in [-0.4, -0.2) is 31.0 Å². The van der Waals surface area contributed by atoms with Crippen LogP contribution in [0.4, 0.5) is 10.5 Å². The third-order valence-electron chi connectivity index (χ3n) is 5.79. The van der Waals surface area contributed by atoms with E-state index >= 15 is 0 Å². The van der Waals surface area contributed by atoms with Gasteiger partial charge in [-0.05, 0) is 57.3 Å². The Morgan fingerprint density at radius 2 is 1.74 bits per heavy atom. The van der Waals surface area contributed by atoms with Crippen molar-refractivity contribution in [2.45, 2.75) is 52.4 Å². The molecule has 0 radical (unpaired) electrons. The first-order valence-corrected chi connectivity index (χ1v) is 10.4. The predicted octanol–water partition coefficient (Wildman–Crippen LogP) is 4.52. The second-order valence-corrected chi connectivity index (χ2v) is 8.86. The molecule has 0 spiro atoms. The van der Waals surface area contributed by atoms with Crippen molar-refractivity contribution >= 4 is 25.0 Å². The lowest BCUT2D eigenvalue weighted by molar-refractivity contribution is 0.00578. The van der Waals surface area contributed by atoms with Crippen LogP contribution in [0.25, 0.3) is 6.08 Å². The second kappa shape index (κ2) is 9.16. The molecule has 0 saturated carbocycles. The van der Waals surface area contributed by atoms with Gasteiger partial charge in [0.15, 0.2) is 0 Å². The fraction of sp³-hybridized carbons (Fsp3) is 0.375. The number of carbonyl (C=O) groups excluding carboxylic acids is 1. The van der Waals surface area contributed by atoms with E-state index in [1.54, 1.807) is 0 Å². The molecule has 0 bridgehead atoms. The van der Waals surface area contributed by atoms with Crippen LogP contribution in [0, 0.1) is 6.92 Å². The number of ether oxygens (including phenoxy) is 1. The Kier molecular flexibility index (Phi) is 6.77. The SMILES string of the molecule is Cc1ccc(N)c(C=C(CNC(=O)OCc2ccccc2)B2OC(C)(C)C(C)(C)O2)c1. The van der Waals surface area contributed by atoms with E-state index in [0.717, 1.165) is 22.2 Å². The molecule has 1 fully saturated rings. The molecule has 1 aliphatic heterocycles. The van der Waals surface area contributed by atoms with Crippen LogP contribution < -0.4 is 11.1 Å². The number of rotatable bonds is 6. The molecular formula is C24H31BN2O4. The summed E-state index contributed by atoms with van der Waals surface area (Å²) < 4.78 is 17.7. The smallest absolute Gasteiger partial charge is 0.445 e. The van der Waals surface area contributed by atoms with E-state index in [1.807, 2.05) is 89.2 Å². The lowest BCUT2D eigenvalue weighted by Crippen LogP contribution is -2.41. The average Bonchev–Trinajstić information content (AvgIpc) is 2.94. The van der Waals surface area contributed by atoms with Crippen LogP contribution in [0.5, 0.6) is 0 Å². The van der Waals surface area contributed by atoms with Gasteiger partial charge < -0.3 is 25.1 Å². The van der Waals surface area contributed by atoms with Gasteiger partial charge in [-0.3, -0.25) is 0 Å². The van der Waals surface area contributed by atoms with Crippen molar-refractivity contribution in [3.63, 3.8) is 0 Å². The number of aryl methyl sites for hydroxylation is 1. The highest BCUT2D eigenvalue weighted by atomic mass is 16.7. The first-order valence-electron chi connectivity index (χ1n) is 10.4. The fourth-order valence-electron chi connectivity index (χ4n) is 3.16. The zero-order chi connectivity index (χ0) is 22.6. The van der Waals surface area contributed by atoms with Crippen LogP contribution in [0.1, 0.15) is 44.4 Å². The lowest BCUT2D eigenvalue weighted by Gasteiger charge is -2.32. The minimum absolute atomic E-state index is 0.201. The molecule has 3 rings (SSSR count). The van der Waals surface area contributed by atoms with Crippen molar-refractivity contribution in [2.24, 2.45) is 0 Å². The Morgan fingerprint density at radius 3 is 2.39 bits per heavy atom. The highest BCUT2D eigenvalue weighted by Gasteiger charge is 2.52. The van der Waals surface area contributed by atoms with Gasteiger partial charge in [0.05, 0.1) is 11.2 Å². The molecule has 1 heterocycles. The van der Waals surface area contributed by atoms with Gasteiger partial charge in [-0.25, -0.2) is 4.79 Å². The minimum atomic E-state index is -0.612. The number of hydrogen-bond acceptors (Lipinski definition) is 5. The lowest BCUT2D eigenvalue weighted by atomic mass is 9.76. The Hall–Kier alpha value is -2.77. The molecule has 2 aromatic carbocycles. The summed E-state index contributed by atoms with van der Waals surface area (Å²) in [7, 11) is -0.612. The number of nitrogen functional groups attached to an aromatic ring is 1. The number of hydrogen-bond donors (Lipinski definition) is 2. The summed E-state index contributed by atoms with van der Waals surface area (Å²) in [5, 5.41) is 2.81. The maximum atomic E-state index is 12.3. The maximum absolute atomic E-state index is 12.3. The summed E-state index contributed by atoms with van der Waals surface area (Å²) in [5.74, 6) is 0. The largest absolute Gasteiger partial charge is 0.492 e. The van der Waals surface area contributed by atoms with Crippen molar-refractivity contribution in [2.75, 3.05) is 12.3 Å². The molecule has 0 unspecified atom stereocenters. The van der Waals surface area contributed by atoms with Gasteiger partial charge in [0.1, 0.15) is 6.61 Å². The zero-order valence-electron chi connectivity index (χ0n) is 18.9. The van der Waals surface area contributed by atoms with Crippen molar-refractivity contribution in [3.8, 4) is 0 Å². The number of benzene rings is 2. The maximum Gasteiger partial charge on any atom is 0.492 e. The van der Waals surface area contributed by atoms with Gasteiger partial charge in [-0.1, -0.05) is 54.1 Å². The quantitative estimate of drug-likeness (QED) is 0.529. The average molecular weight is 422 g/mol. The van der Waals surface area contributed by atoms with Crippen LogP contribution >= 0.6 is 0 Å². The summed E-state index contributed by atoms with van der Waals surface area (Å²) in [5.41, 5.74) is 9.44. The number of nitrogens with one attached hydrogen (secondary N) is 1. The molecule has 7 heteroatoms. The molecule has 0 aromatic heterocycles. The summed E-state index contributed by atoms with van der Waals surface area (Å²) in [6, 6.07) is 15.4. The van der Waals surface area contributed by atoms with E-state index in [4.69, 9.17) is 19.8 Å². The third kappa shape index (κ3) is 5.68. The number of anilines is 1. The topological polar surface area (TPSA) is 82.8 Å². The normalized spacial score (nSPS) is 17.5. The van der Waals surface area contributed by atoms with Gasteiger partial charge in [0.2, 0.25) is 0 Å². The van der Waals surface area contributed by atoms with Gasteiger partial charge in [-0.2, -0.15) is 0 Å². The van der Waals surface area contributed by atoms with E-state index in [9.17, 15) is 4.79 Å². The number of carbonyl (C=O) groups is 1.